The van der Waals surface area contributed by atoms with Crippen LogP contribution >= 0.6 is 39.1 Å². The Balaban J connectivity index is 2.35. The van der Waals surface area contributed by atoms with Crippen molar-refractivity contribution in [1.29, 1.82) is 0 Å². The van der Waals surface area contributed by atoms with Gasteiger partial charge in [-0.15, -0.1) is 0 Å². The quantitative estimate of drug-likeness (QED) is 0.749. The van der Waals surface area contributed by atoms with Crippen molar-refractivity contribution in [2.24, 2.45) is 0 Å². The summed E-state index contributed by atoms with van der Waals surface area (Å²) in [5, 5.41) is 0.829. The molecule has 88 valence electrons. The summed E-state index contributed by atoms with van der Waals surface area (Å²) in [6.45, 7) is 1.95. The van der Waals surface area contributed by atoms with Gasteiger partial charge in [0.2, 0.25) is 5.88 Å². The molecule has 0 saturated carbocycles. The first-order valence-corrected chi connectivity index (χ1v) is 6.37. The summed E-state index contributed by atoms with van der Waals surface area (Å²) in [4.78, 5) is 4.17. The van der Waals surface area contributed by atoms with Gasteiger partial charge in [0.15, 0.2) is 0 Å². The van der Waals surface area contributed by atoms with Crippen LogP contribution in [0.15, 0.2) is 34.9 Å². The van der Waals surface area contributed by atoms with Gasteiger partial charge in [0, 0.05) is 6.20 Å². The maximum atomic E-state index is 6.03. The van der Waals surface area contributed by atoms with E-state index in [2.05, 4.69) is 20.9 Å². The Morgan fingerprint density at radius 3 is 2.76 bits per heavy atom. The Labute approximate surface area is 118 Å². The van der Waals surface area contributed by atoms with Crippen molar-refractivity contribution in [3.63, 3.8) is 0 Å². The molecule has 0 aliphatic heterocycles. The number of aromatic nitrogens is 1. The Bertz CT molecular complexity index is 560. The average molecular weight is 333 g/mol. The second-order valence-electron chi connectivity index (χ2n) is 3.45. The highest BCUT2D eigenvalue weighted by atomic mass is 79.9. The Kier molecular flexibility index (Phi) is 3.92. The third kappa shape index (κ3) is 2.92. The van der Waals surface area contributed by atoms with E-state index in [0.29, 0.717) is 21.7 Å². The normalized spacial score (nSPS) is 10.4. The van der Waals surface area contributed by atoms with Crippen LogP contribution in [0.5, 0.6) is 11.6 Å². The molecular weight excluding hydrogens is 325 g/mol. The molecule has 0 aliphatic carbocycles. The smallest absolute Gasteiger partial charge is 0.233 e. The Hall–Kier alpha value is -0.770. The predicted octanol–water partition coefficient (Wildman–Crippen LogP) is 5.25. The van der Waals surface area contributed by atoms with Gasteiger partial charge < -0.3 is 4.74 Å². The van der Waals surface area contributed by atoms with E-state index in [1.807, 2.05) is 13.0 Å². The lowest BCUT2D eigenvalue weighted by Crippen LogP contribution is -1.91. The van der Waals surface area contributed by atoms with Gasteiger partial charge in [0.25, 0.3) is 0 Å². The van der Waals surface area contributed by atoms with Crippen molar-refractivity contribution in [3.05, 3.63) is 50.5 Å². The molecule has 0 atom stereocenters. The molecule has 0 radical (unpaired) electrons. The number of rotatable bonds is 2. The summed E-state index contributed by atoms with van der Waals surface area (Å²) >= 11 is 15.3. The molecule has 2 nitrogen and oxygen atoms in total. The van der Waals surface area contributed by atoms with Gasteiger partial charge in [-0.3, -0.25) is 0 Å². The first-order valence-electron chi connectivity index (χ1n) is 4.82. The van der Waals surface area contributed by atoms with Crippen molar-refractivity contribution in [2.75, 3.05) is 0 Å². The molecule has 2 rings (SSSR count). The van der Waals surface area contributed by atoms with Crippen LogP contribution in [0, 0.1) is 6.92 Å². The lowest BCUT2D eigenvalue weighted by Gasteiger charge is -2.09. The van der Waals surface area contributed by atoms with E-state index >= 15 is 0 Å². The lowest BCUT2D eigenvalue weighted by atomic mass is 10.3. The van der Waals surface area contributed by atoms with Crippen molar-refractivity contribution < 1.29 is 4.74 Å². The zero-order valence-corrected chi connectivity index (χ0v) is 12.0. The molecule has 1 aromatic heterocycles. The fourth-order valence-corrected chi connectivity index (χ4v) is 2.14. The summed E-state index contributed by atoms with van der Waals surface area (Å²) in [5.74, 6) is 0.941. The number of halogens is 3. The van der Waals surface area contributed by atoms with Gasteiger partial charge in [-0.25, -0.2) is 4.98 Å². The van der Waals surface area contributed by atoms with Crippen LogP contribution in [0.25, 0.3) is 0 Å². The minimum atomic E-state index is 0.378. The van der Waals surface area contributed by atoms with Gasteiger partial charge in [0.1, 0.15) is 10.8 Å². The second-order valence-corrected chi connectivity index (χ2v) is 5.09. The van der Waals surface area contributed by atoms with Crippen molar-refractivity contribution in [3.8, 4) is 11.6 Å². The fourth-order valence-electron chi connectivity index (χ4n) is 1.26. The largest absolute Gasteiger partial charge is 0.436 e. The van der Waals surface area contributed by atoms with Gasteiger partial charge in [0.05, 0.1) is 9.50 Å². The summed E-state index contributed by atoms with van der Waals surface area (Å²) in [6.07, 6.45) is 1.72. The number of nitrogens with zero attached hydrogens (tertiary/aromatic N) is 1. The Morgan fingerprint density at radius 1 is 1.29 bits per heavy atom. The second kappa shape index (κ2) is 5.25. The highest BCUT2D eigenvalue weighted by Crippen LogP contribution is 2.36. The van der Waals surface area contributed by atoms with Crippen LogP contribution in [-0.4, -0.2) is 4.98 Å². The zero-order valence-electron chi connectivity index (χ0n) is 8.88. The maximum Gasteiger partial charge on any atom is 0.233 e. The number of hydrogen-bond acceptors (Lipinski definition) is 2. The van der Waals surface area contributed by atoms with Gasteiger partial charge in [-0.2, -0.15) is 0 Å². The van der Waals surface area contributed by atoms with Crippen LogP contribution in [0.3, 0.4) is 0 Å². The molecule has 5 heteroatoms. The predicted molar refractivity (Wildman–Crippen MR) is 73.2 cm³/mol. The third-order valence-corrected chi connectivity index (χ3v) is 3.44. The summed E-state index contributed by atoms with van der Waals surface area (Å²) < 4.78 is 6.37. The van der Waals surface area contributed by atoms with Crippen LogP contribution < -0.4 is 4.74 Å². The van der Waals surface area contributed by atoms with Crippen molar-refractivity contribution in [1.82, 2.24) is 4.98 Å². The van der Waals surface area contributed by atoms with Crippen LogP contribution in [0.4, 0.5) is 0 Å². The molecular formula is C12H8BrCl2NO. The molecule has 0 amide bonds. The first kappa shape index (κ1) is 12.7. The molecule has 0 fully saturated rings. The zero-order chi connectivity index (χ0) is 12.4. The molecule has 17 heavy (non-hydrogen) atoms. The van der Waals surface area contributed by atoms with E-state index in [-0.39, 0.29) is 0 Å². The van der Waals surface area contributed by atoms with E-state index in [1.54, 1.807) is 24.4 Å². The van der Waals surface area contributed by atoms with E-state index in [4.69, 9.17) is 27.9 Å². The van der Waals surface area contributed by atoms with E-state index in [0.717, 1.165) is 10.0 Å². The number of pyridine rings is 1. The maximum absolute atomic E-state index is 6.03. The number of benzene rings is 1. The Morgan fingerprint density at radius 2 is 2.06 bits per heavy atom. The van der Waals surface area contributed by atoms with Gasteiger partial charge in [-0.1, -0.05) is 29.3 Å². The molecule has 0 spiro atoms. The van der Waals surface area contributed by atoms with Gasteiger partial charge in [-0.05, 0) is 46.6 Å². The average Bonchev–Trinajstić information content (AvgIpc) is 2.28. The molecule has 0 N–H and O–H groups in total. The summed E-state index contributed by atoms with van der Waals surface area (Å²) in [5.41, 5.74) is 1.04. The van der Waals surface area contributed by atoms with Crippen LogP contribution in [-0.2, 0) is 0 Å². The highest BCUT2D eigenvalue weighted by Gasteiger charge is 2.09. The van der Waals surface area contributed by atoms with Crippen LogP contribution in [0.1, 0.15) is 5.56 Å². The molecule has 0 aliphatic rings. The van der Waals surface area contributed by atoms with E-state index < -0.39 is 0 Å². The first-order chi connectivity index (χ1) is 8.08. The standard InChI is InChI=1S/C12H8BrCl2NO/c1-7-5-8(13)12(16-6-7)17-10-4-2-3-9(14)11(10)15/h2-6H,1H3. The summed E-state index contributed by atoms with van der Waals surface area (Å²) in [7, 11) is 0. The molecule has 0 unspecified atom stereocenters. The monoisotopic (exact) mass is 331 g/mol. The summed E-state index contributed by atoms with van der Waals surface area (Å²) in [6, 6.07) is 7.13. The highest BCUT2D eigenvalue weighted by molar-refractivity contribution is 9.10. The molecule has 0 saturated heterocycles. The minimum absolute atomic E-state index is 0.378. The molecule has 1 heterocycles. The third-order valence-electron chi connectivity index (χ3n) is 2.07. The lowest BCUT2D eigenvalue weighted by molar-refractivity contribution is 0.459. The van der Waals surface area contributed by atoms with E-state index in [9.17, 15) is 0 Å². The topological polar surface area (TPSA) is 22.1 Å². The van der Waals surface area contributed by atoms with Gasteiger partial charge >= 0.3 is 0 Å². The number of hydrogen-bond donors (Lipinski definition) is 0. The van der Waals surface area contributed by atoms with E-state index in [1.165, 1.54) is 0 Å². The molecule has 2 aromatic rings. The molecule has 0 bridgehead atoms. The molecule has 1 aromatic carbocycles. The number of ether oxygens (including phenoxy) is 1. The SMILES string of the molecule is Cc1cnc(Oc2cccc(Cl)c2Cl)c(Br)c1. The minimum Gasteiger partial charge on any atom is -0.436 e. The van der Waals surface area contributed by atoms with Crippen molar-refractivity contribution in [2.45, 2.75) is 6.92 Å². The van der Waals surface area contributed by atoms with Crippen LogP contribution in [0.2, 0.25) is 10.0 Å². The fraction of sp³-hybridized carbons (Fsp3) is 0.0833. The van der Waals surface area contributed by atoms with Crippen molar-refractivity contribution >= 4 is 39.1 Å². The number of aryl methyl sites for hydroxylation is 1.